The van der Waals surface area contributed by atoms with E-state index in [1.54, 1.807) is 0 Å². The molecule has 1 aliphatic heterocycles. The van der Waals surface area contributed by atoms with Crippen LogP contribution in [0.1, 0.15) is 131 Å². The van der Waals surface area contributed by atoms with Crippen LogP contribution >= 0.6 is 0 Å². The zero-order chi connectivity index (χ0) is 20.1. The SMILES string of the molecule is CCCCCCCCCCCCC[C@@H]1CCC[C@H](C)N1C(=O)OC(C)(C)C. The molecule has 1 amide bonds. The molecule has 0 unspecified atom stereocenters. The van der Waals surface area contributed by atoms with Gasteiger partial charge < -0.3 is 9.64 Å². The second-order valence-electron chi connectivity index (χ2n) is 9.65. The normalized spacial score (nSPS) is 20.7. The van der Waals surface area contributed by atoms with Crippen LogP contribution in [0.25, 0.3) is 0 Å². The maximum Gasteiger partial charge on any atom is 0.410 e. The molecule has 1 aliphatic rings. The van der Waals surface area contributed by atoms with Gasteiger partial charge in [0.1, 0.15) is 5.60 Å². The molecule has 1 rings (SSSR count). The highest BCUT2D eigenvalue weighted by molar-refractivity contribution is 5.69. The van der Waals surface area contributed by atoms with Gasteiger partial charge in [0.2, 0.25) is 0 Å². The molecule has 0 aromatic carbocycles. The van der Waals surface area contributed by atoms with E-state index in [1.807, 2.05) is 25.7 Å². The monoisotopic (exact) mass is 381 g/mol. The minimum absolute atomic E-state index is 0.109. The number of carbonyl (C=O) groups is 1. The van der Waals surface area contributed by atoms with Gasteiger partial charge in [-0.3, -0.25) is 0 Å². The molecule has 0 bridgehead atoms. The molecule has 0 spiro atoms. The summed E-state index contributed by atoms with van der Waals surface area (Å²) in [7, 11) is 0. The van der Waals surface area contributed by atoms with Gasteiger partial charge >= 0.3 is 6.09 Å². The minimum atomic E-state index is -0.407. The van der Waals surface area contributed by atoms with Crippen molar-refractivity contribution in [3.05, 3.63) is 0 Å². The van der Waals surface area contributed by atoms with Crippen LogP contribution in [0.5, 0.6) is 0 Å². The summed E-state index contributed by atoms with van der Waals surface area (Å²) in [5.41, 5.74) is -0.407. The number of amides is 1. The molecule has 27 heavy (non-hydrogen) atoms. The molecule has 0 saturated carbocycles. The Bertz CT molecular complexity index is 388. The summed E-state index contributed by atoms with van der Waals surface area (Å²) in [6.07, 6.45) is 19.6. The van der Waals surface area contributed by atoms with Gasteiger partial charge in [0, 0.05) is 12.1 Å². The number of hydrogen-bond donors (Lipinski definition) is 0. The van der Waals surface area contributed by atoms with Gasteiger partial charge in [-0.25, -0.2) is 4.79 Å². The molecule has 3 nitrogen and oxygen atoms in total. The van der Waals surface area contributed by atoms with Crippen LogP contribution in [0.2, 0.25) is 0 Å². The fraction of sp³-hybridized carbons (Fsp3) is 0.958. The van der Waals surface area contributed by atoms with Crippen molar-refractivity contribution in [2.45, 2.75) is 149 Å². The highest BCUT2D eigenvalue weighted by Gasteiger charge is 2.34. The largest absolute Gasteiger partial charge is 0.444 e. The number of rotatable bonds is 12. The minimum Gasteiger partial charge on any atom is -0.444 e. The summed E-state index contributed by atoms with van der Waals surface area (Å²) in [4.78, 5) is 14.7. The number of carbonyl (C=O) groups excluding carboxylic acids is 1. The zero-order valence-corrected chi connectivity index (χ0v) is 19.0. The van der Waals surface area contributed by atoms with E-state index >= 15 is 0 Å². The molecular formula is C24H47NO2. The fourth-order valence-corrected chi connectivity index (χ4v) is 4.26. The van der Waals surface area contributed by atoms with Crippen molar-refractivity contribution in [2.24, 2.45) is 0 Å². The summed E-state index contributed by atoms with van der Waals surface area (Å²) >= 11 is 0. The second kappa shape index (κ2) is 13.4. The van der Waals surface area contributed by atoms with E-state index in [0.29, 0.717) is 12.1 Å². The Kier molecular flexibility index (Phi) is 12.1. The van der Waals surface area contributed by atoms with Gasteiger partial charge in [-0.1, -0.05) is 77.6 Å². The predicted octanol–water partition coefficient (Wildman–Crippen LogP) is 7.87. The van der Waals surface area contributed by atoms with Gasteiger partial charge in [-0.2, -0.15) is 0 Å². The first-order valence-electron chi connectivity index (χ1n) is 11.9. The fourth-order valence-electron chi connectivity index (χ4n) is 4.26. The predicted molar refractivity (Wildman–Crippen MR) is 116 cm³/mol. The molecule has 1 heterocycles. The van der Waals surface area contributed by atoms with Crippen molar-refractivity contribution in [3.8, 4) is 0 Å². The van der Waals surface area contributed by atoms with Crippen molar-refractivity contribution in [1.82, 2.24) is 4.90 Å². The van der Waals surface area contributed by atoms with Crippen LogP contribution in [-0.2, 0) is 4.74 Å². The summed E-state index contributed by atoms with van der Waals surface area (Å²) < 4.78 is 5.67. The maximum atomic E-state index is 12.6. The Labute approximate surface area is 169 Å². The molecule has 2 atom stereocenters. The van der Waals surface area contributed by atoms with Gasteiger partial charge in [0.05, 0.1) is 0 Å². The first-order valence-corrected chi connectivity index (χ1v) is 11.9. The van der Waals surface area contributed by atoms with E-state index in [1.165, 1.54) is 77.0 Å². The molecule has 1 saturated heterocycles. The van der Waals surface area contributed by atoms with E-state index < -0.39 is 5.60 Å². The van der Waals surface area contributed by atoms with Crippen LogP contribution < -0.4 is 0 Å². The van der Waals surface area contributed by atoms with E-state index in [0.717, 1.165) is 19.3 Å². The first kappa shape index (κ1) is 24.3. The Morgan fingerprint density at radius 1 is 0.889 bits per heavy atom. The molecule has 0 radical (unpaired) electrons. The number of unbranched alkanes of at least 4 members (excludes halogenated alkanes) is 10. The lowest BCUT2D eigenvalue weighted by Crippen LogP contribution is -2.50. The van der Waals surface area contributed by atoms with E-state index in [2.05, 4.69) is 13.8 Å². The lowest BCUT2D eigenvalue weighted by Gasteiger charge is -2.41. The highest BCUT2D eigenvalue weighted by atomic mass is 16.6. The Morgan fingerprint density at radius 2 is 1.41 bits per heavy atom. The number of hydrogen-bond acceptors (Lipinski definition) is 2. The van der Waals surface area contributed by atoms with Crippen molar-refractivity contribution in [3.63, 3.8) is 0 Å². The van der Waals surface area contributed by atoms with Crippen LogP contribution in [0.3, 0.4) is 0 Å². The van der Waals surface area contributed by atoms with Crippen molar-refractivity contribution >= 4 is 6.09 Å². The molecule has 0 aromatic heterocycles. The first-order chi connectivity index (χ1) is 12.8. The Hall–Kier alpha value is -0.730. The number of ether oxygens (including phenoxy) is 1. The van der Waals surface area contributed by atoms with Crippen LogP contribution in [0.4, 0.5) is 4.79 Å². The molecule has 0 aromatic rings. The highest BCUT2D eigenvalue weighted by Crippen LogP contribution is 2.28. The topological polar surface area (TPSA) is 29.5 Å². The number of piperidine rings is 1. The number of likely N-dealkylation sites (tertiary alicyclic amines) is 1. The van der Waals surface area contributed by atoms with Crippen LogP contribution in [0.15, 0.2) is 0 Å². The van der Waals surface area contributed by atoms with Crippen LogP contribution in [-0.4, -0.2) is 28.7 Å². The van der Waals surface area contributed by atoms with Gasteiger partial charge in [-0.15, -0.1) is 0 Å². The zero-order valence-electron chi connectivity index (χ0n) is 19.0. The van der Waals surface area contributed by atoms with Gasteiger partial charge in [0.25, 0.3) is 0 Å². The third-order valence-electron chi connectivity index (χ3n) is 5.77. The third kappa shape index (κ3) is 11.0. The molecule has 1 fully saturated rings. The Balaban J connectivity index is 2.18. The molecule has 3 heteroatoms. The molecular weight excluding hydrogens is 334 g/mol. The lowest BCUT2D eigenvalue weighted by molar-refractivity contribution is -0.00430. The summed E-state index contributed by atoms with van der Waals surface area (Å²) in [6, 6.07) is 0.688. The summed E-state index contributed by atoms with van der Waals surface area (Å²) in [5.74, 6) is 0. The molecule has 160 valence electrons. The average Bonchev–Trinajstić information content (AvgIpc) is 2.58. The lowest BCUT2D eigenvalue weighted by atomic mass is 9.93. The quantitative estimate of drug-likeness (QED) is 0.322. The number of nitrogens with zero attached hydrogens (tertiary/aromatic N) is 1. The van der Waals surface area contributed by atoms with Crippen molar-refractivity contribution < 1.29 is 9.53 Å². The van der Waals surface area contributed by atoms with E-state index in [9.17, 15) is 4.79 Å². The van der Waals surface area contributed by atoms with E-state index in [4.69, 9.17) is 4.74 Å². The van der Waals surface area contributed by atoms with Gasteiger partial charge in [0.15, 0.2) is 0 Å². The average molecular weight is 382 g/mol. The molecule has 0 N–H and O–H groups in total. The smallest absolute Gasteiger partial charge is 0.410 e. The maximum absolute atomic E-state index is 12.6. The van der Waals surface area contributed by atoms with Crippen LogP contribution in [0, 0.1) is 0 Å². The third-order valence-corrected chi connectivity index (χ3v) is 5.77. The second-order valence-corrected chi connectivity index (χ2v) is 9.65. The van der Waals surface area contributed by atoms with E-state index in [-0.39, 0.29) is 6.09 Å². The standard InChI is InChI=1S/C24H47NO2/c1-6-7-8-9-10-11-12-13-14-15-16-19-22-20-17-18-21(2)25(22)23(26)27-24(3,4)5/h21-22H,6-20H2,1-5H3/t21-,22+/m0/s1. The Morgan fingerprint density at radius 3 is 1.93 bits per heavy atom. The molecule has 0 aliphatic carbocycles. The summed E-state index contributed by atoms with van der Waals surface area (Å²) in [5, 5.41) is 0. The van der Waals surface area contributed by atoms with Crippen molar-refractivity contribution in [2.75, 3.05) is 0 Å². The van der Waals surface area contributed by atoms with Crippen molar-refractivity contribution in [1.29, 1.82) is 0 Å². The summed E-state index contributed by atoms with van der Waals surface area (Å²) in [6.45, 7) is 10.3. The van der Waals surface area contributed by atoms with Gasteiger partial charge in [-0.05, 0) is 53.4 Å².